The number of para-hydroxylation sites is 2. The molecule has 0 saturated heterocycles. The van der Waals surface area contributed by atoms with E-state index in [1.807, 2.05) is 111 Å². The van der Waals surface area contributed by atoms with Gasteiger partial charge < -0.3 is 44.7 Å². The van der Waals surface area contributed by atoms with Crippen LogP contribution in [0.3, 0.4) is 0 Å². The molecule has 4 aromatic carbocycles. The molecule has 15 nitrogen and oxygen atoms in total. The van der Waals surface area contributed by atoms with Crippen LogP contribution in [-0.4, -0.2) is 55.5 Å². The SMILES string of the molecule is C.CC(C)(C)OC(=O)OC(=O)OC(C)(C)C.CC(C)(C)OC(=O)Oc1c(C(C)(C)C)cccc1C(C)(C)C.CC(C)(C)c1ccc(N)c(C(C)(C)C)c1O.CC(C)(C)c1ccc([N+](=O)[O-])c(C(C)(C)C)c1O.CC(C)(C)c1cccc(C(C)(C)C)c1O. The molecule has 0 atom stereocenters. The number of nitrogens with two attached hydrogens (primary N) is 1. The Hall–Kier alpha value is -6.51. The van der Waals surface area contributed by atoms with Crippen molar-refractivity contribution in [2.24, 2.45) is 0 Å². The van der Waals surface area contributed by atoms with E-state index in [2.05, 4.69) is 129 Å². The highest BCUT2D eigenvalue weighted by Gasteiger charge is 2.34. The van der Waals surface area contributed by atoms with Crippen LogP contribution in [0.5, 0.6) is 23.0 Å². The summed E-state index contributed by atoms with van der Waals surface area (Å²) in [6, 6.07) is 19.0. The lowest BCUT2D eigenvalue weighted by Crippen LogP contribution is -2.29. The number of nitrogens with zero attached hydrogens (tertiary/aromatic N) is 1. The molecule has 15 heteroatoms. The number of nitro groups is 1. The van der Waals surface area contributed by atoms with Gasteiger partial charge in [0.1, 0.15) is 39.8 Å². The molecule has 0 saturated carbocycles. The first-order valence-corrected chi connectivity index (χ1v) is 29.5. The van der Waals surface area contributed by atoms with Crippen LogP contribution in [0.1, 0.15) is 280 Å². The lowest BCUT2D eigenvalue weighted by Gasteiger charge is -2.29. The van der Waals surface area contributed by atoms with Gasteiger partial charge in [-0.1, -0.05) is 216 Å². The third kappa shape index (κ3) is 28.0. The van der Waals surface area contributed by atoms with Crippen molar-refractivity contribution in [3.8, 4) is 23.0 Å². The number of phenolic OH excluding ortho intramolecular Hbond substituents is 3. The number of ether oxygens (including phenoxy) is 5. The van der Waals surface area contributed by atoms with Gasteiger partial charge in [-0.05, 0) is 134 Å². The van der Waals surface area contributed by atoms with Gasteiger partial charge in [-0.15, -0.1) is 0 Å². The molecule has 0 aromatic heterocycles. The summed E-state index contributed by atoms with van der Waals surface area (Å²) in [6.45, 7) is 64.8. The zero-order valence-corrected chi connectivity index (χ0v) is 59.2. The summed E-state index contributed by atoms with van der Waals surface area (Å²) in [7, 11) is 0. The van der Waals surface area contributed by atoms with Crippen LogP contribution in [0, 0.1) is 10.1 Å². The summed E-state index contributed by atoms with van der Waals surface area (Å²) >= 11 is 0. The molecule has 0 aliphatic carbocycles. The Kier molecular flexibility index (Phi) is 28.1. The summed E-state index contributed by atoms with van der Waals surface area (Å²) in [5, 5.41) is 42.1. The second-order valence-electron chi connectivity index (χ2n) is 33.0. The van der Waals surface area contributed by atoms with Crippen LogP contribution in [0.25, 0.3) is 0 Å². The molecule has 0 radical (unpaired) electrons. The molecule has 0 aliphatic rings. The molecule has 4 aromatic rings. The van der Waals surface area contributed by atoms with Crippen LogP contribution in [0.15, 0.2) is 60.7 Å². The van der Waals surface area contributed by atoms with Crippen molar-refractivity contribution in [3.05, 3.63) is 115 Å². The summed E-state index contributed by atoms with van der Waals surface area (Å²) in [6.07, 6.45) is -2.77. The maximum absolute atomic E-state index is 12.1. The minimum absolute atomic E-state index is 0. The Bertz CT molecular complexity index is 2840. The first-order chi connectivity index (χ1) is 37.9. The van der Waals surface area contributed by atoms with Gasteiger partial charge in [0, 0.05) is 34.0 Å². The van der Waals surface area contributed by atoms with E-state index in [0.717, 1.165) is 38.9 Å². The number of rotatable bonds is 2. The topological polar surface area (TPSA) is 227 Å². The zero-order valence-electron chi connectivity index (χ0n) is 59.2. The minimum atomic E-state index is -1.06. The normalized spacial score (nSPS) is 12.5. The summed E-state index contributed by atoms with van der Waals surface area (Å²) in [5.74, 6) is 1.47. The van der Waals surface area contributed by atoms with E-state index in [1.165, 1.54) is 6.07 Å². The second-order valence-corrected chi connectivity index (χ2v) is 33.0. The van der Waals surface area contributed by atoms with Crippen molar-refractivity contribution in [2.45, 2.75) is 296 Å². The van der Waals surface area contributed by atoms with E-state index >= 15 is 0 Å². The van der Waals surface area contributed by atoms with Gasteiger partial charge in [-0.2, -0.15) is 0 Å². The molecule has 0 bridgehead atoms. The standard InChI is InChI=1S/C19H30O3.C14H21NO3.C14H23NO.C14H22O.C10H18O5.CH4/c1-17(2,3)13-11-10-12-14(18(4,5)6)15(13)21-16(20)22-19(7,8)9;1-13(2,3)9-7-8-10(15(17)18)11(12(9)16)14(4,5)6;1-13(2,3)9-7-8-10(15)11(12(9)16)14(4,5)6;1-13(2,3)10-8-7-9-11(12(10)15)14(4,5)6;1-9(2,3)14-7(11)13-8(12)15-10(4,5)6;/h10-12H,1-9H3;7-8,16H,1-6H3;7-8,16H,15H2,1-6H3;7-9,15H,1-6H3;1-6H3;1H4. The molecule has 5 N–H and O–H groups in total. The average Bonchev–Trinajstić information content (AvgIpc) is 1.23. The van der Waals surface area contributed by atoms with Crippen molar-refractivity contribution in [3.63, 3.8) is 0 Å². The lowest BCUT2D eigenvalue weighted by molar-refractivity contribution is -0.386. The maximum Gasteiger partial charge on any atom is 0.519 e. The number of nitrogen functional groups attached to an aromatic ring is 1. The number of benzene rings is 4. The second kappa shape index (κ2) is 29.7. The Labute approximate surface area is 526 Å². The number of hydrogen-bond donors (Lipinski definition) is 4. The monoisotopic (exact) mass is 1220 g/mol. The molecule has 0 heterocycles. The third-order valence-corrected chi connectivity index (χ3v) is 12.5. The van der Waals surface area contributed by atoms with E-state index in [4.69, 9.17) is 24.7 Å². The number of phenols is 3. The Morgan fingerprint density at radius 1 is 0.379 bits per heavy atom. The van der Waals surface area contributed by atoms with Crippen LogP contribution in [0.4, 0.5) is 25.8 Å². The van der Waals surface area contributed by atoms with Crippen molar-refractivity contribution in [2.75, 3.05) is 5.73 Å². The molecule has 0 aliphatic heterocycles. The first kappa shape index (κ1) is 82.6. The predicted molar refractivity (Wildman–Crippen MR) is 359 cm³/mol. The van der Waals surface area contributed by atoms with Crippen molar-refractivity contribution < 1.29 is 58.3 Å². The number of aromatic hydroxyl groups is 3. The molecular formula is C72H118N2O13. The maximum atomic E-state index is 12.1. The highest BCUT2D eigenvalue weighted by Crippen LogP contribution is 2.45. The molecule has 0 unspecified atom stereocenters. The highest BCUT2D eigenvalue weighted by molar-refractivity contribution is 5.77. The van der Waals surface area contributed by atoms with E-state index < -0.39 is 45.6 Å². The van der Waals surface area contributed by atoms with Crippen molar-refractivity contribution >= 4 is 29.8 Å². The Balaban J connectivity index is 0. The van der Waals surface area contributed by atoms with Crippen LogP contribution in [0.2, 0.25) is 0 Å². The first-order valence-electron chi connectivity index (χ1n) is 29.5. The van der Waals surface area contributed by atoms with Gasteiger partial charge in [0.2, 0.25) is 0 Å². The molecule has 0 amide bonds. The molecule has 0 spiro atoms. The largest absolute Gasteiger partial charge is 0.519 e. The molecule has 4 rings (SSSR count). The van der Waals surface area contributed by atoms with E-state index in [1.54, 1.807) is 47.6 Å². The fourth-order valence-corrected chi connectivity index (χ4v) is 8.62. The Morgan fingerprint density at radius 3 is 0.920 bits per heavy atom. The highest BCUT2D eigenvalue weighted by atomic mass is 16.8. The molecule has 0 fully saturated rings. The number of nitro benzene ring substituents is 1. The quantitative estimate of drug-likeness (QED) is 0.0279. The van der Waals surface area contributed by atoms with Gasteiger partial charge in [-0.3, -0.25) is 10.1 Å². The van der Waals surface area contributed by atoms with Gasteiger partial charge in [0.05, 0.1) is 10.5 Å². The molecule has 87 heavy (non-hydrogen) atoms. The predicted octanol–water partition coefficient (Wildman–Crippen LogP) is 20.6. The van der Waals surface area contributed by atoms with E-state index in [9.17, 15) is 39.8 Å². The number of hydrogen-bond acceptors (Lipinski definition) is 14. The number of carbonyl (C=O) groups excluding carboxylic acids is 3. The smallest absolute Gasteiger partial charge is 0.507 e. The van der Waals surface area contributed by atoms with Gasteiger partial charge in [0.25, 0.3) is 5.69 Å². The van der Waals surface area contributed by atoms with E-state index in [0.29, 0.717) is 28.5 Å². The Morgan fingerprint density at radius 2 is 0.644 bits per heavy atom. The third-order valence-electron chi connectivity index (χ3n) is 12.5. The van der Waals surface area contributed by atoms with Gasteiger partial charge >= 0.3 is 18.5 Å². The average molecular weight is 1220 g/mol. The van der Waals surface area contributed by atoms with Crippen LogP contribution < -0.4 is 10.5 Å². The van der Waals surface area contributed by atoms with Crippen LogP contribution >= 0.6 is 0 Å². The van der Waals surface area contributed by atoms with Gasteiger partial charge in [-0.25, -0.2) is 14.4 Å². The fourth-order valence-electron chi connectivity index (χ4n) is 8.62. The summed E-state index contributed by atoms with van der Waals surface area (Å²) in [5.41, 5.74) is 10.4. The summed E-state index contributed by atoms with van der Waals surface area (Å²) < 4.78 is 24.8. The van der Waals surface area contributed by atoms with Gasteiger partial charge in [0.15, 0.2) is 0 Å². The van der Waals surface area contributed by atoms with Crippen LogP contribution in [-0.2, 0) is 62.3 Å². The molecular weight excluding hydrogens is 1100 g/mol. The fraction of sp³-hybridized carbons (Fsp3) is 0.625. The minimum Gasteiger partial charge on any atom is -0.507 e. The molecule has 494 valence electrons. The zero-order chi connectivity index (χ0) is 68.5. The summed E-state index contributed by atoms with van der Waals surface area (Å²) in [4.78, 5) is 44.8. The van der Waals surface area contributed by atoms with Crippen molar-refractivity contribution in [1.29, 1.82) is 0 Å². The number of carbonyl (C=O) groups is 3. The number of anilines is 1. The van der Waals surface area contributed by atoms with Crippen molar-refractivity contribution in [1.82, 2.24) is 0 Å². The van der Waals surface area contributed by atoms with E-state index in [-0.39, 0.29) is 56.8 Å². The lowest BCUT2D eigenvalue weighted by atomic mass is 9.79.